The number of nitrogens with one attached hydrogen (secondary N) is 2. The fourth-order valence-electron chi connectivity index (χ4n) is 2.50. The number of aliphatic hydroxyl groups is 1. The quantitative estimate of drug-likeness (QED) is 0.764. The summed E-state index contributed by atoms with van der Waals surface area (Å²) >= 11 is 0. The number of hydrogen-bond donors (Lipinski definition) is 3. The van der Waals surface area contributed by atoms with Crippen LogP contribution < -0.4 is 10.6 Å². The Morgan fingerprint density at radius 3 is 2.89 bits per heavy atom. The van der Waals surface area contributed by atoms with Crippen LogP contribution in [0.15, 0.2) is 30.3 Å². The van der Waals surface area contributed by atoms with Gasteiger partial charge in [0.2, 0.25) is 5.91 Å². The Labute approximate surface area is 114 Å². The van der Waals surface area contributed by atoms with E-state index in [9.17, 15) is 9.90 Å². The molecule has 1 aromatic rings. The van der Waals surface area contributed by atoms with Gasteiger partial charge in [-0.15, -0.1) is 0 Å². The molecule has 1 amide bonds. The average molecular weight is 262 g/mol. The highest BCUT2D eigenvalue weighted by Crippen LogP contribution is 2.16. The number of carbonyl (C=O) groups is 1. The van der Waals surface area contributed by atoms with Gasteiger partial charge in [0, 0.05) is 6.54 Å². The Kier molecular flexibility index (Phi) is 4.93. The number of rotatable bonds is 4. The maximum Gasteiger partial charge on any atom is 0.237 e. The summed E-state index contributed by atoms with van der Waals surface area (Å²) in [6.45, 7) is 3.24. The van der Waals surface area contributed by atoms with Gasteiger partial charge in [-0.05, 0) is 30.9 Å². The van der Waals surface area contributed by atoms with E-state index in [0.29, 0.717) is 5.92 Å². The molecule has 0 bridgehead atoms. The lowest BCUT2D eigenvalue weighted by atomic mass is 9.92. The maximum atomic E-state index is 12.1. The minimum absolute atomic E-state index is 0.0119. The lowest BCUT2D eigenvalue weighted by Gasteiger charge is -2.29. The summed E-state index contributed by atoms with van der Waals surface area (Å²) in [5.41, 5.74) is 0.826. The van der Waals surface area contributed by atoms with Gasteiger partial charge in [-0.1, -0.05) is 37.3 Å². The highest BCUT2D eigenvalue weighted by Gasteiger charge is 2.27. The number of piperidine rings is 1. The third-order valence-electron chi connectivity index (χ3n) is 3.71. The molecule has 4 heteroatoms. The topological polar surface area (TPSA) is 61.4 Å². The Morgan fingerprint density at radius 1 is 1.47 bits per heavy atom. The third-order valence-corrected chi connectivity index (χ3v) is 3.71. The third kappa shape index (κ3) is 3.78. The number of amides is 1. The van der Waals surface area contributed by atoms with Crippen molar-refractivity contribution >= 4 is 5.91 Å². The van der Waals surface area contributed by atoms with Crippen LogP contribution in [0.25, 0.3) is 0 Å². The zero-order valence-electron chi connectivity index (χ0n) is 11.3. The van der Waals surface area contributed by atoms with E-state index in [-0.39, 0.29) is 18.5 Å². The molecule has 19 heavy (non-hydrogen) atoms. The highest BCUT2D eigenvalue weighted by atomic mass is 16.3. The van der Waals surface area contributed by atoms with Crippen LogP contribution >= 0.6 is 0 Å². The first-order valence-electron chi connectivity index (χ1n) is 6.92. The van der Waals surface area contributed by atoms with Crippen LogP contribution in [0.1, 0.15) is 31.4 Å². The monoisotopic (exact) mass is 262 g/mol. The van der Waals surface area contributed by atoms with Gasteiger partial charge in [-0.2, -0.15) is 0 Å². The molecule has 0 spiro atoms. The smallest absolute Gasteiger partial charge is 0.237 e. The van der Waals surface area contributed by atoms with Gasteiger partial charge < -0.3 is 15.7 Å². The van der Waals surface area contributed by atoms with Crippen LogP contribution in [-0.4, -0.2) is 30.1 Å². The van der Waals surface area contributed by atoms with Crippen molar-refractivity contribution in [2.75, 3.05) is 13.1 Å². The molecule has 0 saturated carbocycles. The summed E-state index contributed by atoms with van der Waals surface area (Å²) in [6.07, 6.45) is 1.55. The van der Waals surface area contributed by atoms with E-state index < -0.39 is 6.10 Å². The molecule has 0 aromatic heterocycles. The minimum atomic E-state index is -0.649. The molecule has 3 atom stereocenters. The molecule has 0 aliphatic carbocycles. The second kappa shape index (κ2) is 6.68. The number of hydrogen-bond acceptors (Lipinski definition) is 3. The normalized spacial score (nSPS) is 24.7. The molecule has 1 heterocycles. The molecule has 4 nitrogen and oxygen atoms in total. The summed E-state index contributed by atoms with van der Waals surface area (Å²) in [6, 6.07) is 9.26. The minimum Gasteiger partial charge on any atom is -0.387 e. The van der Waals surface area contributed by atoms with Gasteiger partial charge in [0.05, 0.1) is 12.1 Å². The van der Waals surface area contributed by atoms with Gasteiger partial charge in [-0.3, -0.25) is 4.79 Å². The fraction of sp³-hybridized carbons (Fsp3) is 0.533. The Balaban J connectivity index is 1.83. The summed E-state index contributed by atoms with van der Waals surface area (Å²) < 4.78 is 0. The van der Waals surface area contributed by atoms with Crippen molar-refractivity contribution in [1.82, 2.24) is 10.6 Å². The first kappa shape index (κ1) is 14.0. The summed E-state index contributed by atoms with van der Waals surface area (Å²) in [7, 11) is 0. The fourth-order valence-corrected chi connectivity index (χ4v) is 2.50. The second-order valence-corrected chi connectivity index (χ2v) is 5.22. The lowest BCUT2D eigenvalue weighted by Crippen LogP contribution is -2.51. The van der Waals surface area contributed by atoms with E-state index in [4.69, 9.17) is 0 Å². The van der Waals surface area contributed by atoms with Crippen LogP contribution in [-0.2, 0) is 4.79 Å². The number of carbonyl (C=O) groups excluding carboxylic acids is 1. The Bertz CT molecular complexity index is 408. The molecule has 1 aliphatic heterocycles. The lowest BCUT2D eigenvalue weighted by molar-refractivity contribution is -0.125. The number of benzene rings is 1. The molecule has 3 unspecified atom stereocenters. The largest absolute Gasteiger partial charge is 0.387 e. The number of aliphatic hydroxyl groups excluding tert-OH is 1. The maximum absolute atomic E-state index is 12.1. The van der Waals surface area contributed by atoms with Crippen molar-refractivity contribution in [2.24, 2.45) is 5.92 Å². The summed E-state index contributed by atoms with van der Waals surface area (Å²) in [5, 5.41) is 16.1. The van der Waals surface area contributed by atoms with Crippen molar-refractivity contribution in [3.63, 3.8) is 0 Å². The van der Waals surface area contributed by atoms with E-state index in [0.717, 1.165) is 24.9 Å². The standard InChI is InChI=1S/C15H22N2O2/c1-11-6-5-9-16-14(11)15(19)17-10-13(18)12-7-3-2-4-8-12/h2-4,7-8,11,13-14,16,18H,5-6,9-10H2,1H3,(H,17,19). The Hall–Kier alpha value is -1.39. The zero-order chi connectivity index (χ0) is 13.7. The molecule has 1 aliphatic rings. The van der Waals surface area contributed by atoms with Crippen molar-refractivity contribution in [2.45, 2.75) is 31.9 Å². The second-order valence-electron chi connectivity index (χ2n) is 5.22. The van der Waals surface area contributed by atoms with Gasteiger partial charge in [-0.25, -0.2) is 0 Å². The molecule has 1 saturated heterocycles. The van der Waals surface area contributed by atoms with Crippen molar-refractivity contribution in [1.29, 1.82) is 0 Å². The first-order valence-corrected chi connectivity index (χ1v) is 6.92. The molecule has 104 valence electrons. The molecule has 1 fully saturated rings. The molecule has 3 N–H and O–H groups in total. The predicted octanol–water partition coefficient (Wildman–Crippen LogP) is 1.22. The van der Waals surface area contributed by atoms with Crippen LogP contribution in [0.5, 0.6) is 0 Å². The van der Waals surface area contributed by atoms with Gasteiger partial charge in [0.1, 0.15) is 0 Å². The Morgan fingerprint density at radius 2 is 2.21 bits per heavy atom. The van der Waals surface area contributed by atoms with Gasteiger partial charge >= 0.3 is 0 Å². The van der Waals surface area contributed by atoms with Crippen molar-refractivity contribution in [3.05, 3.63) is 35.9 Å². The molecule has 1 aromatic carbocycles. The summed E-state index contributed by atoms with van der Waals surface area (Å²) in [4.78, 5) is 12.1. The van der Waals surface area contributed by atoms with Crippen LogP contribution in [0.3, 0.4) is 0 Å². The zero-order valence-corrected chi connectivity index (χ0v) is 11.3. The molecule has 0 radical (unpaired) electrons. The predicted molar refractivity (Wildman–Crippen MR) is 74.6 cm³/mol. The van der Waals surface area contributed by atoms with E-state index in [1.54, 1.807) is 0 Å². The molecule has 2 rings (SSSR count). The van der Waals surface area contributed by atoms with Crippen LogP contribution in [0.2, 0.25) is 0 Å². The van der Waals surface area contributed by atoms with Crippen LogP contribution in [0.4, 0.5) is 0 Å². The highest BCUT2D eigenvalue weighted by molar-refractivity contribution is 5.82. The van der Waals surface area contributed by atoms with Crippen molar-refractivity contribution < 1.29 is 9.90 Å². The van der Waals surface area contributed by atoms with E-state index >= 15 is 0 Å². The SMILES string of the molecule is CC1CCCNC1C(=O)NCC(O)c1ccccc1. The average Bonchev–Trinajstić information content (AvgIpc) is 2.46. The summed E-state index contributed by atoms with van der Waals surface area (Å²) in [5.74, 6) is 0.338. The molecular formula is C15H22N2O2. The van der Waals surface area contributed by atoms with E-state index in [2.05, 4.69) is 17.6 Å². The van der Waals surface area contributed by atoms with E-state index in [1.807, 2.05) is 30.3 Å². The van der Waals surface area contributed by atoms with Crippen LogP contribution in [0, 0.1) is 5.92 Å². The van der Waals surface area contributed by atoms with Gasteiger partial charge in [0.15, 0.2) is 0 Å². The molecular weight excluding hydrogens is 240 g/mol. The van der Waals surface area contributed by atoms with E-state index in [1.165, 1.54) is 0 Å². The van der Waals surface area contributed by atoms with Gasteiger partial charge in [0.25, 0.3) is 0 Å². The first-order chi connectivity index (χ1) is 9.18. The van der Waals surface area contributed by atoms with Crippen molar-refractivity contribution in [3.8, 4) is 0 Å².